The van der Waals surface area contributed by atoms with Gasteiger partial charge in [0.2, 0.25) is 5.91 Å². The van der Waals surface area contributed by atoms with E-state index in [9.17, 15) is 9.59 Å². The fourth-order valence-electron chi connectivity index (χ4n) is 4.39. The smallest absolute Gasteiger partial charge is 0.288 e. The number of urea groups is 1. The molecule has 2 heterocycles. The molecule has 2 aliphatic heterocycles. The number of carbonyl (C=O) groups excluding carboxylic acids is 2. The van der Waals surface area contributed by atoms with Crippen molar-refractivity contribution in [3.8, 4) is 0 Å². The van der Waals surface area contributed by atoms with Crippen LogP contribution >= 0.6 is 0 Å². The van der Waals surface area contributed by atoms with Gasteiger partial charge >= 0.3 is 6.03 Å². The number of fused-ring (bicyclic) bond motifs is 1. The van der Waals surface area contributed by atoms with Crippen molar-refractivity contribution < 1.29 is 9.59 Å². The van der Waals surface area contributed by atoms with Crippen molar-refractivity contribution in [1.29, 1.82) is 0 Å². The number of hydrogen-bond acceptors (Lipinski definition) is 4. The van der Waals surface area contributed by atoms with E-state index in [1.165, 1.54) is 23.1 Å². The van der Waals surface area contributed by atoms with Gasteiger partial charge in [-0.3, -0.25) is 19.6 Å². The summed E-state index contributed by atoms with van der Waals surface area (Å²) in [5.41, 5.74) is 4.16. The van der Waals surface area contributed by atoms with Crippen molar-refractivity contribution in [2.45, 2.75) is 25.7 Å². The number of aliphatic imine (C=N–C) groups is 2. The normalized spacial score (nSPS) is 19.9. The summed E-state index contributed by atoms with van der Waals surface area (Å²) in [6, 6.07) is 20.5. The molecule has 1 atom stereocenters. The van der Waals surface area contributed by atoms with Crippen LogP contribution in [0.3, 0.4) is 0 Å². The van der Waals surface area contributed by atoms with Gasteiger partial charge in [-0.15, -0.1) is 0 Å². The lowest BCUT2D eigenvalue weighted by Gasteiger charge is -2.38. The van der Waals surface area contributed by atoms with E-state index in [1.54, 1.807) is 13.2 Å². The van der Waals surface area contributed by atoms with Crippen molar-refractivity contribution in [3.63, 3.8) is 0 Å². The Hall–Kier alpha value is -3.54. The molecule has 0 bridgehead atoms. The Kier molecular flexibility index (Phi) is 6.30. The van der Waals surface area contributed by atoms with Crippen LogP contribution in [0.25, 0.3) is 0 Å². The molecule has 0 spiro atoms. The van der Waals surface area contributed by atoms with Crippen LogP contribution in [0, 0.1) is 5.92 Å². The molecule has 0 aromatic heterocycles. The Morgan fingerprint density at radius 3 is 2.09 bits per heavy atom. The van der Waals surface area contributed by atoms with E-state index >= 15 is 0 Å². The molecular weight excluding hydrogens is 400 g/mol. The predicted molar refractivity (Wildman–Crippen MR) is 127 cm³/mol. The molecule has 3 amide bonds. The largest absolute Gasteiger partial charge is 0.331 e. The van der Waals surface area contributed by atoms with Gasteiger partial charge in [-0.1, -0.05) is 67.6 Å². The van der Waals surface area contributed by atoms with E-state index in [-0.39, 0.29) is 17.9 Å². The summed E-state index contributed by atoms with van der Waals surface area (Å²) in [5, 5.41) is 0. The minimum atomic E-state index is -0.630. The molecule has 0 aliphatic carbocycles. The highest BCUT2D eigenvalue weighted by atomic mass is 16.2. The zero-order valence-electron chi connectivity index (χ0n) is 18.7. The van der Waals surface area contributed by atoms with Crippen LogP contribution in [0.5, 0.6) is 0 Å². The van der Waals surface area contributed by atoms with Crippen LogP contribution in [0.1, 0.15) is 36.8 Å². The number of carbonyl (C=O) groups is 2. The van der Waals surface area contributed by atoms with Crippen LogP contribution in [-0.4, -0.2) is 53.9 Å². The third-order valence-corrected chi connectivity index (χ3v) is 6.19. The lowest BCUT2D eigenvalue weighted by Crippen LogP contribution is -2.59. The molecule has 6 nitrogen and oxygen atoms in total. The number of benzene rings is 2. The van der Waals surface area contributed by atoms with Gasteiger partial charge < -0.3 is 0 Å². The second-order valence-electron chi connectivity index (χ2n) is 8.10. The first-order valence-corrected chi connectivity index (χ1v) is 11.0. The Balaban J connectivity index is 1.63. The van der Waals surface area contributed by atoms with Gasteiger partial charge in [0.05, 0.1) is 5.71 Å². The number of amides is 3. The molecule has 1 saturated heterocycles. The summed E-state index contributed by atoms with van der Waals surface area (Å²) in [6.45, 7) is 2.60. The zero-order chi connectivity index (χ0) is 22.7. The van der Waals surface area contributed by atoms with E-state index in [0.717, 1.165) is 29.0 Å². The highest BCUT2D eigenvalue weighted by molar-refractivity contribution is 6.33. The van der Waals surface area contributed by atoms with E-state index < -0.39 is 5.92 Å². The molecule has 0 radical (unpaired) electrons. The number of hydrogen-bond donors (Lipinski definition) is 0. The quantitative estimate of drug-likeness (QED) is 0.680. The highest BCUT2D eigenvalue weighted by Gasteiger charge is 2.45. The van der Waals surface area contributed by atoms with Crippen molar-refractivity contribution in [1.82, 2.24) is 9.80 Å². The van der Waals surface area contributed by atoms with Gasteiger partial charge in [0.15, 0.2) is 0 Å². The zero-order valence-corrected chi connectivity index (χ0v) is 18.7. The third kappa shape index (κ3) is 4.00. The van der Waals surface area contributed by atoms with Gasteiger partial charge in [0.1, 0.15) is 11.8 Å². The average molecular weight is 429 g/mol. The topological polar surface area (TPSA) is 65.3 Å². The van der Waals surface area contributed by atoms with Crippen molar-refractivity contribution in [2.24, 2.45) is 15.9 Å². The summed E-state index contributed by atoms with van der Waals surface area (Å²) >= 11 is 0. The van der Waals surface area contributed by atoms with E-state index in [4.69, 9.17) is 4.99 Å². The minimum absolute atomic E-state index is 0.210. The molecule has 4 rings (SSSR count). The van der Waals surface area contributed by atoms with Gasteiger partial charge in [-0.2, -0.15) is 0 Å². The fraction of sp³-hybridized carbons (Fsp3) is 0.308. The van der Waals surface area contributed by atoms with Gasteiger partial charge in [-0.25, -0.2) is 9.79 Å². The molecule has 164 valence electrons. The molecular formula is C26H28N4O2. The summed E-state index contributed by atoms with van der Waals surface area (Å²) in [5.74, 6) is -0.236. The number of amidine groups is 1. The molecule has 0 saturated carbocycles. The summed E-state index contributed by atoms with van der Waals surface area (Å²) in [6.07, 6.45) is 3.28. The number of allylic oxidation sites excluding steroid dienone is 1. The Morgan fingerprint density at radius 1 is 0.938 bits per heavy atom. The summed E-state index contributed by atoms with van der Waals surface area (Å²) in [7, 11) is 3.17. The van der Waals surface area contributed by atoms with Gasteiger partial charge in [-0.05, 0) is 29.5 Å². The minimum Gasteiger partial charge on any atom is -0.288 e. The summed E-state index contributed by atoms with van der Waals surface area (Å²) < 4.78 is 0. The first-order valence-electron chi connectivity index (χ1n) is 11.0. The van der Waals surface area contributed by atoms with Gasteiger partial charge in [0.25, 0.3) is 0 Å². The molecule has 1 unspecified atom stereocenters. The van der Waals surface area contributed by atoms with E-state index in [1.807, 2.05) is 19.1 Å². The van der Waals surface area contributed by atoms with E-state index in [0.29, 0.717) is 12.4 Å². The Labute approximate surface area is 189 Å². The van der Waals surface area contributed by atoms with Crippen LogP contribution in [-0.2, 0) is 4.79 Å². The standard InChI is InChI=1S/C26H28N4O2/c1-4-18-17-28-24-22(25(31)30(3)26(32)29(24)2)23(18)27-16-15-21(19-11-7-5-8-12-19)20-13-9-6-10-14-20/h5-14,17,21-22H,4,15-16H2,1-3H3. The molecule has 2 aliphatic rings. The molecule has 0 N–H and O–H groups in total. The molecule has 6 heteroatoms. The number of nitrogens with zero attached hydrogens (tertiary/aromatic N) is 4. The van der Waals surface area contributed by atoms with Gasteiger partial charge in [0, 0.05) is 32.8 Å². The maximum absolute atomic E-state index is 13.0. The lowest BCUT2D eigenvalue weighted by atomic mass is 9.87. The Morgan fingerprint density at radius 2 is 1.53 bits per heavy atom. The number of rotatable bonds is 6. The first kappa shape index (κ1) is 21.7. The monoisotopic (exact) mass is 428 g/mol. The van der Waals surface area contributed by atoms with Crippen LogP contribution < -0.4 is 0 Å². The second kappa shape index (κ2) is 9.30. The first-order chi connectivity index (χ1) is 15.5. The molecule has 2 aromatic carbocycles. The van der Waals surface area contributed by atoms with Crippen LogP contribution in [0.15, 0.2) is 82.4 Å². The average Bonchev–Trinajstić information content (AvgIpc) is 2.84. The van der Waals surface area contributed by atoms with Crippen molar-refractivity contribution in [3.05, 3.63) is 83.6 Å². The molecule has 1 fully saturated rings. The fourth-order valence-corrected chi connectivity index (χ4v) is 4.39. The number of imide groups is 1. The summed E-state index contributed by atoms with van der Waals surface area (Å²) in [4.78, 5) is 37.4. The third-order valence-electron chi connectivity index (χ3n) is 6.19. The maximum atomic E-state index is 13.0. The Bertz CT molecular complexity index is 1050. The second-order valence-corrected chi connectivity index (χ2v) is 8.10. The SMILES string of the molecule is CCC1=CN=C2C(C(=O)N(C)C(=O)N2C)C1=NCCC(c1ccccc1)c1ccccc1. The van der Waals surface area contributed by atoms with Crippen LogP contribution in [0.2, 0.25) is 0 Å². The predicted octanol–water partition coefficient (Wildman–Crippen LogP) is 4.50. The highest BCUT2D eigenvalue weighted by Crippen LogP contribution is 2.30. The lowest BCUT2D eigenvalue weighted by molar-refractivity contribution is -0.128. The van der Waals surface area contributed by atoms with E-state index in [2.05, 4.69) is 53.5 Å². The maximum Gasteiger partial charge on any atom is 0.331 e. The van der Waals surface area contributed by atoms with Crippen molar-refractivity contribution >= 4 is 23.5 Å². The molecule has 32 heavy (non-hydrogen) atoms. The van der Waals surface area contributed by atoms with Crippen molar-refractivity contribution in [2.75, 3.05) is 20.6 Å². The molecule has 2 aromatic rings. The van der Waals surface area contributed by atoms with Crippen LogP contribution in [0.4, 0.5) is 4.79 Å².